The Morgan fingerprint density at radius 3 is 2.75 bits per heavy atom. The molecule has 1 saturated heterocycles. The first-order valence-corrected chi connectivity index (χ1v) is 10.0. The molecule has 6 heteroatoms. The van der Waals surface area contributed by atoms with Gasteiger partial charge in [0.2, 0.25) is 0 Å². The molecule has 0 unspecified atom stereocenters. The molecule has 1 aromatic heterocycles. The lowest BCUT2D eigenvalue weighted by Crippen LogP contribution is -2.50. The molecule has 0 radical (unpaired) electrons. The standard InChI is InChI=1S/C22H25ClN2O3/c1-2-28-21(27)22(12-9-17-7-4-3-5-8-17)11-6-14-25(16-22)20(26)18-10-13-24-19(23)15-18/h3-5,7-8,10,13,15H,2,6,9,11-12,14,16H2,1H3/t22-/m0/s1. The number of piperidine rings is 1. The summed E-state index contributed by atoms with van der Waals surface area (Å²) in [6.45, 7) is 3.12. The molecular weight excluding hydrogens is 376 g/mol. The van der Waals surface area contributed by atoms with Crippen molar-refractivity contribution in [2.75, 3.05) is 19.7 Å². The molecule has 1 atom stereocenters. The number of rotatable bonds is 6. The average Bonchev–Trinajstić information content (AvgIpc) is 2.73. The molecule has 28 heavy (non-hydrogen) atoms. The van der Waals surface area contributed by atoms with Crippen molar-refractivity contribution in [1.82, 2.24) is 9.88 Å². The van der Waals surface area contributed by atoms with E-state index in [1.165, 1.54) is 11.8 Å². The Kier molecular flexibility index (Phi) is 6.68. The van der Waals surface area contributed by atoms with E-state index in [-0.39, 0.29) is 17.0 Å². The second-order valence-electron chi connectivity index (χ2n) is 7.18. The molecule has 2 heterocycles. The Bertz CT molecular complexity index is 828. The molecule has 0 bridgehead atoms. The first-order chi connectivity index (χ1) is 13.5. The number of aryl methyl sites for hydroxylation is 1. The van der Waals surface area contributed by atoms with Crippen LogP contribution in [-0.4, -0.2) is 41.5 Å². The Labute approximate surface area is 170 Å². The van der Waals surface area contributed by atoms with Crippen molar-refractivity contribution in [3.8, 4) is 0 Å². The highest BCUT2D eigenvalue weighted by atomic mass is 35.5. The average molecular weight is 401 g/mol. The van der Waals surface area contributed by atoms with Crippen molar-refractivity contribution in [2.45, 2.75) is 32.6 Å². The van der Waals surface area contributed by atoms with E-state index in [0.29, 0.717) is 31.7 Å². The van der Waals surface area contributed by atoms with Crippen LogP contribution in [0.5, 0.6) is 0 Å². The fourth-order valence-corrected chi connectivity index (χ4v) is 3.98. The Balaban J connectivity index is 1.80. The fraction of sp³-hybridized carbons (Fsp3) is 0.409. The molecule has 1 amide bonds. The predicted molar refractivity (Wildman–Crippen MR) is 108 cm³/mol. The molecular formula is C22H25ClN2O3. The van der Waals surface area contributed by atoms with Crippen LogP contribution in [0.1, 0.15) is 42.1 Å². The van der Waals surface area contributed by atoms with Crippen LogP contribution in [0.25, 0.3) is 0 Å². The lowest BCUT2D eigenvalue weighted by Gasteiger charge is -2.41. The van der Waals surface area contributed by atoms with Crippen molar-refractivity contribution in [2.24, 2.45) is 5.41 Å². The van der Waals surface area contributed by atoms with Crippen LogP contribution in [-0.2, 0) is 16.0 Å². The third-order valence-electron chi connectivity index (χ3n) is 5.28. The maximum Gasteiger partial charge on any atom is 0.313 e. The van der Waals surface area contributed by atoms with Crippen molar-refractivity contribution >= 4 is 23.5 Å². The van der Waals surface area contributed by atoms with Crippen LogP contribution in [0, 0.1) is 5.41 Å². The minimum atomic E-state index is -0.684. The summed E-state index contributed by atoms with van der Waals surface area (Å²) in [7, 11) is 0. The minimum absolute atomic E-state index is 0.127. The molecule has 0 N–H and O–H groups in total. The van der Waals surface area contributed by atoms with Gasteiger partial charge in [-0.3, -0.25) is 9.59 Å². The molecule has 0 aliphatic carbocycles. The fourth-order valence-electron chi connectivity index (χ4n) is 3.81. The van der Waals surface area contributed by atoms with Gasteiger partial charge in [-0.2, -0.15) is 0 Å². The SMILES string of the molecule is CCOC(=O)[C@]1(CCc2ccccc2)CCCN(C(=O)c2ccnc(Cl)c2)C1. The Hall–Kier alpha value is -2.40. The van der Waals surface area contributed by atoms with Crippen LogP contribution in [0.4, 0.5) is 0 Å². The summed E-state index contributed by atoms with van der Waals surface area (Å²) in [5.74, 6) is -0.339. The van der Waals surface area contributed by atoms with Gasteiger partial charge in [0.05, 0.1) is 12.0 Å². The molecule has 2 aromatic rings. The summed E-state index contributed by atoms with van der Waals surface area (Å²) in [5, 5.41) is 0.281. The van der Waals surface area contributed by atoms with Gasteiger partial charge in [-0.25, -0.2) is 4.98 Å². The van der Waals surface area contributed by atoms with E-state index < -0.39 is 5.41 Å². The highest BCUT2D eigenvalue weighted by molar-refractivity contribution is 6.29. The molecule has 1 fully saturated rings. The van der Waals surface area contributed by atoms with Gasteiger partial charge in [0, 0.05) is 24.8 Å². The lowest BCUT2D eigenvalue weighted by atomic mass is 9.75. The van der Waals surface area contributed by atoms with Gasteiger partial charge in [-0.15, -0.1) is 0 Å². The normalized spacial score (nSPS) is 19.3. The summed E-state index contributed by atoms with van der Waals surface area (Å²) >= 11 is 5.94. The number of benzene rings is 1. The summed E-state index contributed by atoms with van der Waals surface area (Å²) in [5.41, 5.74) is 0.981. The molecule has 0 spiro atoms. The highest BCUT2D eigenvalue weighted by Crippen LogP contribution is 2.37. The number of halogens is 1. The maximum absolute atomic E-state index is 13.0. The lowest BCUT2D eigenvalue weighted by molar-refractivity contribution is -0.159. The van der Waals surface area contributed by atoms with Gasteiger partial charge in [0.15, 0.2) is 0 Å². The second kappa shape index (κ2) is 9.20. The van der Waals surface area contributed by atoms with E-state index in [2.05, 4.69) is 17.1 Å². The highest BCUT2D eigenvalue weighted by Gasteiger charge is 2.44. The summed E-state index contributed by atoms with van der Waals surface area (Å²) in [6.07, 6.45) is 4.42. The van der Waals surface area contributed by atoms with E-state index in [0.717, 1.165) is 19.3 Å². The number of nitrogens with zero attached hydrogens (tertiary/aromatic N) is 2. The second-order valence-corrected chi connectivity index (χ2v) is 7.57. The first-order valence-electron chi connectivity index (χ1n) is 9.66. The third-order valence-corrected chi connectivity index (χ3v) is 5.49. The van der Waals surface area contributed by atoms with Crippen molar-refractivity contribution in [3.05, 3.63) is 64.9 Å². The number of hydrogen-bond donors (Lipinski definition) is 0. The Morgan fingerprint density at radius 2 is 2.04 bits per heavy atom. The van der Waals surface area contributed by atoms with Crippen molar-refractivity contribution in [3.63, 3.8) is 0 Å². The monoisotopic (exact) mass is 400 g/mol. The van der Waals surface area contributed by atoms with Gasteiger partial charge < -0.3 is 9.64 Å². The van der Waals surface area contributed by atoms with Crippen molar-refractivity contribution in [1.29, 1.82) is 0 Å². The predicted octanol–water partition coefficient (Wildman–Crippen LogP) is 4.15. The van der Waals surface area contributed by atoms with Crippen LogP contribution < -0.4 is 0 Å². The number of hydrogen-bond acceptors (Lipinski definition) is 4. The molecule has 1 aromatic carbocycles. The molecule has 3 rings (SSSR count). The zero-order valence-corrected chi connectivity index (χ0v) is 16.8. The number of ether oxygens (including phenoxy) is 1. The number of aromatic nitrogens is 1. The molecule has 1 aliphatic heterocycles. The number of likely N-dealkylation sites (tertiary alicyclic amines) is 1. The zero-order chi connectivity index (χ0) is 20.0. The zero-order valence-electron chi connectivity index (χ0n) is 16.1. The van der Waals surface area contributed by atoms with Crippen LogP contribution in [0.2, 0.25) is 5.15 Å². The first kappa shape index (κ1) is 20.3. The van der Waals surface area contributed by atoms with Crippen LogP contribution >= 0.6 is 11.6 Å². The topological polar surface area (TPSA) is 59.5 Å². The van der Waals surface area contributed by atoms with E-state index in [4.69, 9.17) is 16.3 Å². The molecule has 0 saturated carbocycles. The van der Waals surface area contributed by atoms with Gasteiger partial charge >= 0.3 is 5.97 Å². The third kappa shape index (κ3) is 4.71. The number of carbonyl (C=O) groups excluding carboxylic acids is 2. The van der Waals surface area contributed by atoms with E-state index in [9.17, 15) is 9.59 Å². The van der Waals surface area contributed by atoms with Gasteiger partial charge in [-0.05, 0) is 50.3 Å². The number of esters is 1. The van der Waals surface area contributed by atoms with Crippen molar-refractivity contribution < 1.29 is 14.3 Å². The largest absolute Gasteiger partial charge is 0.466 e. The minimum Gasteiger partial charge on any atom is -0.466 e. The summed E-state index contributed by atoms with van der Waals surface area (Å²) < 4.78 is 5.42. The van der Waals surface area contributed by atoms with Gasteiger partial charge in [0.1, 0.15) is 5.15 Å². The van der Waals surface area contributed by atoms with Gasteiger partial charge in [0.25, 0.3) is 5.91 Å². The number of pyridine rings is 1. The summed E-state index contributed by atoms with van der Waals surface area (Å²) in [6, 6.07) is 13.3. The Morgan fingerprint density at radius 1 is 1.25 bits per heavy atom. The number of carbonyl (C=O) groups is 2. The quantitative estimate of drug-likeness (QED) is 0.539. The van der Waals surface area contributed by atoms with E-state index >= 15 is 0 Å². The number of amides is 1. The summed E-state index contributed by atoms with van der Waals surface area (Å²) in [4.78, 5) is 31.6. The molecule has 1 aliphatic rings. The molecule has 148 valence electrons. The van der Waals surface area contributed by atoms with Crippen LogP contribution in [0.15, 0.2) is 48.7 Å². The van der Waals surface area contributed by atoms with Gasteiger partial charge in [-0.1, -0.05) is 41.9 Å². The van der Waals surface area contributed by atoms with E-state index in [1.807, 2.05) is 25.1 Å². The van der Waals surface area contributed by atoms with Crippen LogP contribution in [0.3, 0.4) is 0 Å². The maximum atomic E-state index is 13.0. The smallest absolute Gasteiger partial charge is 0.313 e. The molecule has 5 nitrogen and oxygen atoms in total. The van der Waals surface area contributed by atoms with E-state index in [1.54, 1.807) is 17.0 Å².